The van der Waals surface area contributed by atoms with Crippen LogP contribution in [-0.2, 0) is 22.1 Å². The van der Waals surface area contributed by atoms with E-state index >= 15 is 0 Å². The predicted molar refractivity (Wildman–Crippen MR) is 49.1 cm³/mol. The summed E-state index contributed by atoms with van der Waals surface area (Å²) < 4.78 is 0. The Morgan fingerprint density at radius 3 is 1.23 bits per heavy atom. The Kier molecular flexibility index (Phi) is 7.91. The monoisotopic (exact) mass is 326 g/mol. The van der Waals surface area contributed by atoms with Crippen LogP contribution in [0.5, 0.6) is 0 Å². The first-order valence-electron chi connectivity index (χ1n) is 3.48. The topological polar surface area (TPSA) is 0 Å². The maximum absolute atomic E-state index is 2.42. The van der Waals surface area contributed by atoms with Crippen molar-refractivity contribution in [3.63, 3.8) is 0 Å². The fraction of sp³-hybridized carbons (Fsp3) is 0. The molecular weight excluding hydrogens is 320 g/mol. The first kappa shape index (κ1) is 14.0. The van der Waals surface area contributed by atoms with Crippen LogP contribution in [0.4, 0.5) is 0 Å². The second-order valence-corrected chi connectivity index (χ2v) is 17.9. The Morgan fingerprint density at radius 1 is 0.615 bits per heavy atom. The first-order valence-corrected chi connectivity index (χ1v) is 13.0. The van der Waals surface area contributed by atoms with Gasteiger partial charge in [0.25, 0.3) is 0 Å². The zero-order chi connectivity index (χ0) is 7.52. The number of hydrogen-bond donors (Lipinski definition) is 0. The van der Waals surface area contributed by atoms with E-state index in [1.165, 1.54) is 0 Å². The summed E-state index contributed by atoms with van der Waals surface area (Å²) in [5.41, 5.74) is 0. The van der Waals surface area contributed by atoms with Crippen LogP contribution in [0.25, 0.3) is 0 Å². The summed E-state index contributed by atoms with van der Waals surface area (Å²) in [5.74, 6) is 9.68. The van der Waals surface area contributed by atoms with Crippen molar-refractivity contribution in [2.75, 3.05) is 0 Å². The average molecular weight is 328 g/mol. The molecular formula is C8H8Cl2P2Zr. The molecule has 0 fully saturated rings. The van der Waals surface area contributed by atoms with Gasteiger partial charge < -0.3 is 24.8 Å². The van der Waals surface area contributed by atoms with Crippen molar-refractivity contribution in [1.82, 2.24) is 0 Å². The molecule has 0 aromatic carbocycles. The molecule has 0 spiro atoms. The van der Waals surface area contributed by atoms with Crippen molar-refractivity contribution in [3.05, 3.63) is 47.5 Å². The first-order chi connectivity index (χ1) is 5.45. The van der Waals surface area contributed by atoms with E-state index in [1.807, 2.05) is 0 Å². The van der Waals surface area contributed by atoms with E-state index in [0.717, 1.165) is 0 Å². The van der Waals surface area contributed by atoms with Gasteiger partial charge >= 0.3 is 79.2 Å². The van der Waals surface area contributed by atoms with Crippen LogP contribution >= 0.6 is 9.65 Å². The quantitative estimate of drug-likeness (QED) is 0.597. The fourth-order valence-corrected chi connectivity index (χ4v) is 18.7. The summed E-state index contributed by atoms with van der Waals surface area (Å²) in [6.07, 6.45) is 0. The molecule has 0 bridgehead atoms. The summed E-state index contributed by atoms with van der Waals surface area (Å²) in [6, 6.07) is 8.85. The molecule has 2 heterocycles. The van der Waals surface area contributed by atoms with Gasteiger partial charge in [0, 0.05) is 0 Å². The molecule has 0 aliphatic rings. The van der Waals surface area contributed by atoms with Crippen LogP contribution in [0, 0.1) is 0 Å². The molecule has 0 nitrogen and oxygen atoms in total. The normalized spacial score (nSPS) is 8.00. The molecule has 0 aliphatic heterocycles. The third kappa shape index (κ3) is 4.37. The summed E-state index contributed by atoms with van der Waals surface area (Å²) in [4.78, 5) is 0.558. The molecule has 2 rings (SSSR count). The fourth-order valence-electron chi connectivity index (χ4n) is 0.936. The van der Waals surface area contributed by atoms with E-state index in [-0.39, 0.29) is 56.5 Å². The van der Waals surface area contributed by atoms with Crippen molar-refractivity contribution in [2.24, 2.45) is 0 Å². The third-order valence-corrected chi connectivity index (χ3v) is 19.9. The second-order valence-electron chi connectivity index (χ2n) is 2.28. The molecule has 0 N–H and O–H groups in total. The van der Waals surface area contributed by atoms with E-state index in [2.05, 4.69) is 47.5 Å². The van der Waals surface area contributed by atoms with Gasteiger partial charge in [0.05, 0.1) is 0 Å². The summed E-state index contributed by atoms with van der Waals surface area (Å²) in [6.45, 7) is 0. The van der Waals surface area contributed by atoms with Crippen LogP contribution in [0.3, 0.4) is 0 Å². The SMILES string of the molecule is [Cl-].[Cl-].c1cc[p]([Zr+2][p]2cccc2)c1. The van der Waals surface area contributed by atoms with Gasteiger partial charge in [0.2, 0.25) is 0 Å². The molecule has 0 aliphatic carbocycles. The molecule has 0 saturated heterocycles. The van der Waals surface area contributed by atoms with Crippen LogP contribution < -0.4 is 24.8 Å². The van der Waals surface area contributed by atoms with E-state index in [9.17, 15) is 0 Å². The van der Waals surface area contributed by atoms with E-state index in [4.69, 9.17) is 0 Å². The van der Waals surface area contributed by atoms with Gasteiger partial charge in [-0.05, 0) is 0 Å². The van der Waals surface area contributed by atoms with Crippen molar-refractivity contribution < 1.29 is 46.9 Å². The summed E-state index contributed by atoms with van der Waals surface area (Å²) in [7, 11) is 0. The van der Waals surface area contributed by atoms with Crippen molar-refractivity contribution >= 4 is 9.65 Å². The number of rotatable bonds is 2. The standard InChI is InChI=1S/2C4H4P.2ClH.Zr/c2*1-2-4-5-3-1;;;/h2*1-4H;2*1H;/q2*-1;;;+4/p-2. The number of halogens is 2. The molecule has 68 valence electrons. The van der Waals surface area contributed by atoms with Gasteiger partial charge in [-0.2, -0.15) is 0 Å². The Bertz CT molecular complexity index is 273. The van der Waals surface area contributed by atoms with E-state index < -0.39 is 0 Å². The van der Waals surface area contributed by atoms with E-state index in [0.29, 0.717) is 0 Å². The van der Waals surface area contributed by atoms with Gasteiger partial charge in [-0.25, -0.2) is 0 Å². The molecule has 13 heavy (non-hydrogen) atoms. The van der Waals surface area contributed by atoms with Crippen LogP contribution in [0.2, 0.25) is 0 Å². The van der Waals surface area contributed by atoms with Crippen LogP contribution in [0.1, 0.15) is 0 Å². The minimum absolute atomic E-state index is 0. The van der Waals surface area contributed by atoms with Gasteiger partial charge in [0.15, 0.2) is 0 Å². The van der Waals surface area contributed by atoms with Gasteiger partial charge in [0.1, 0.15) is 0 Å². The molecule has 0 radical (unpaired) electrons. The molecule has 0 atom stereocenters. The molecule has 0 amide bonds. The van der Waals surface area contributed by atoms with Gasteiger partial charge in [-0.3, -0.25) is 0 Å². The van der Waals surface area contributed by atoms with Crippen LogP contribution in [0.15, 0.2) is 47.5 Å². The van der Waals surface area contributed by atoms with Gasteiger partial charge in [-0.15, -0.1) is 0 Å². The third-order valence-electron chi connectivity index (χ3n) is 1.44. The number of hydrogen-bond acceptors (Lipinski definition) is 0. The summed E-state index contributed by atoms with van der Waals surface area (Å²) in [5, 5.41) is 0. The summed E-state index contributed by atoms with van der Waals surface area (Å²) >= 11 is -0.126. The average Bonchev–Trinajstić information content (AvgIpc) is 2.60. The Labute approximate surface area is 103 Å². The zero-order valence-corrected chi connectivity index (χ0v) is 12.5. The molecule has 2 aromatic rings. The van der Waals surface area contributed by atoms with Crippen molar-refractivity contribution in [2.45, 2.75) is 0 Å². The Morgan fingerprint density at radius 2 is 0.923 bits per heavy atom. The Balaban J connectivity index is 0.000000720. The molecule has 2 aromatic heterocycles. The van der Waals surface area contributed by atoms with Crippen molar-refractivity contribution in [1.29, 1.82) is 0 Å². The second kappa shape index (κ2) is 7.33. The minimum atomic E-state index is -0.126. The molecule has 5 heteroatoms. The van der Waals surface area contributed by atoms with Crippen LogP contribution in [-0.4, -0.2) is 0 Å². The molecule has 0 unspecified atom stereocenters. The van der Waals surface area contributed by atoms with Crippen molar-refractivity contribution in [3.8, 4) is 0 Å². The zero-order valence-electron chi connectivity index (χ0n) is 6.77. The predicted octanol–water partition coefficient (Wildman–Crippen LogP) is -2.02. The van der Waals surface area contributed by atoms with E-state index in [1.54, 1.807) is 0 Å². The van der Waals surface area contributed by atoms with Gasteiger partial charge in [-0.1, -0.05) is 0 Å². The Hall–Kier alpha value is 1.02. The maximum atomic E-state index is 2.42. The molecule has 0 saturated carbocycles.